The fraction of sp³-hybridized carbons (Fsp3) is 0.412. The van der Waals surface area contributed by atoms with Gasteiger partial charge in [0.2, 0.25) is 0 Å². The maximum absolute atomic E-state index is 13.9. The van der Waals surface area contributed by atoms with Crippen LogP contribution in [0.3, 0.4) is 0 Å². The van der Waals surface area contributed by atoms with Gasteiger partial charge in [0.05, 0.1) is 5.56 Å². The first-order chi connectivity index (χ1) is 11.6. The smallest absolute Gasteiger partial charge is 0.255 e. The Morgan fingerprint density at radius 2 is 2.46 bits per heavy atom. The van der Waals surface area contributed by atoms with Crippen molar-refractivity contribution < 1.29 is 9.18 Å². The molecule has 5 nitrogen and oxygen atoms in total. The molecule has 1 fully saturated rings. The van der Waals surface area contributed by atoms with E-state index in [1.807, 2.05) is 23.6 Å². The number of halogens is 1. The topological polar surface area (TPSA) is 63.1 Å². The summed E-state index contributed by atoms with van der Waals surface area (Å²) < 4.78 is 13.9. The summed E-state index contributed by atoms with van der Waals surface area (Å²) in [4.78, 5) is 20.1. The van der Waals surface area contributed by atoms with Crippen molar-refractivity contribution in [2.24, 2.45) is 0 Å². The maximum Gasteiger partial charge on any atom is 0.255 e. The van der Waals surface area contributed by atoms with Crippen LogP contribution in [-0.2, 0) is 6.54 Å². The van der Waals surface area contributed by atoms with Gasteiger partial charge >= 0.3 is 0 Å². The van der Waals surface area contributed by atoms with Gasteiger partial charge in [0.1, 0.15) is 17.9 Å². The first kappa shape index (κ1) is 16.7. The number of alkyl halides is 1. The molecule has 0 bridgehead atoms. The van der Waals surface area contributed by atoms with Crippen LogP contribution in [0, 0.1) is 11.3 Å². The second kappa shape index (κ2) is 7.16. The van der Waals surface area contributed by atoms with Crippen LogP contribution >= 0.6 is 11.3 Å². The third-order valence-corrected chi connectivity index (χ3v) is 5.16. The number of hydrogen-bond acceptors (Lipinski definition) is 4. The number of thiophene rings is 1. The average molecular weight is 346 g/mol. The molecule has 1 saturated heterocycles. The van der Waals surface area contributed by atoms with Crippen molar-refractivity contribution in [3.8, 4) is 6.07 Å². The molecular formula is C17H19FN4OS. The summed E-state index contributed by atoms with van der Waals surface area (Å²) >= 11 is 1.66. The quantitative estimate of drug-likeness (QED) is 0.905. The van der Waals surface area contributed by atoms with Crippen LogP contribution in [0.4, 0.5) is 4.39 Å². The van der Waals surface area contributed by atoms with Gasteiger partial charge in [-0.2, -0.15) is 5.26 Å². The Morgan fingerprint density at radius 3 is 3.12 bits per heavy atom. The highest BCUT2D eigenvalue weighted by atomic mass is 32.1. The highest BCUT2D eigenvalue weighted by Gasteiger charge is 2.33. The number of aromatic nitrogens is 1. The number of likely N-dealkylation sites (tertiary alicyclic amines) is 1. The Balaban J connectivity index is 1.64. The molecule has 3 heterocycles. The number of nitrogens with one attached hydrogen (secondary N) is 1. The van der Waals surface area contributed by atoms with E-state index in [1.54, 1.807) is 23.3 Å². The molecule has 2 atom stereocenters. The lowest BCUT2D eigenvalue weighted by Crippen LogP contribution is -2.40. The van der Waals surface area contributed by atoms with Gasteiger partial charge in [-0.25, -0.2) is 4.39 Å². The third-order valence-electron chi connectivity index (χ3n) is 4.30. The van der Waals surface area contributed by atoms with Crippen LogP contribution in [0.2, 0.25) is 0 Å². The SMILES string of the molecule is CN(C[C@@H]1C[C@H](F)CN1Cc1cccs1)C(=O)c1c[nH]c(C#N)c1. The first-order valence-corrected chi connectivity index (χ1v) is 8.69. The van der Waals surface area contributed by atoms with E-state index in [1.165, 1.54) is 17.1 Å². The van der Waals surface area contributed by atoms with Gasteiger partial charge in [0, 0.05) is 43.8 Å². The Labute approximate surface area is 144 Å². The van der Waals surface area contributed by atoms with Crippen LogP contribution in [0.1, 0.15) is 27.3 Å². The molecule has 0 saturated carbocycles. The van der Waals surface area contributed by atoms with Gasteiger partial charge in [-0.05, 0) is 23.9 Å². The Hall–Kier alpha value is -2.17. The molecule has 0 aromatic carbocycles. The number of aromatic amines is 1. The lowest BCUT2D eigenvalue weighted by atomic mass is 10.2. The zero-order chi connectivity index (χ0) is 17.1. The van der Waals surface area contributed by atoms with E-state index in [0.29, 0.717) is 37.3 Å². The number of H-pyrrole nitrogens is 1. The Morgan fingerprint density at radius 1 is 1.62 bits per heavy atom. The maximum atomic E-state index is 13.9. The predicted octanol–water partition coefficient (Wildman–Crippen LogP) is 2.63. The standard InChI is InChI=1S/C17H19FN4OS/c1-21(17(23)12-5-14(7-19)20-8-12)10-15-6-13(18)9-22(15)11-16-3-2-4-24-16/h2-5,8,13,15,20H,6,9-11H2,1H3/t13-,15-/m0/s1. The fourth-order valence-electron chi connectivity index (χ4n) is 3.11. The number of hydrogen-bond donors (Lipinski definition) is 1. The minimum atomic E-state index is -0.851. The minimum absolute atomic E-state index is 0.00503. The number of carbonyl (C=O) groups excluding carboxylic acids is 1. The summed E-state index contributed by atoms with van der Waals surface area (Å²) in [5.74, 6) is -0.161. The lowest BCUT2D eigenvalue weighted by Gasteiger charge is -2.28. The van der Waals surface area contributed by atoms with Crippen molar-refractivity contribution in [3.05, 3.63) is 45.9 Å². The summed E-state index contributed by atoms with van der Waals surface area (Å²) in [6.07, 6.45) is 1.13. The van der Waals surface area contributed by atoms with Crippen LogP contribution in [0.15, 0.2) is 29.8 Å². The van der Waals surface area contributed by atoms with Gasteiger partial charge in [0.15, 0.2) is 0 Å². The lowest BCUT2D eigenvalue weighted by molar-refractivity contribution is 0.0750. The molecule has 1 aliphatic rings. The van der Waals surface area contributed by atoms with E-state index in [-0.39, 0.29) is 11.9 Å². The molecule has 2 aromatic heterocycles. The van der Waals surface area contributed by atoms with E-state index in [9.17, 15) is 9.18 Å². The van der Waals surface area contributed by atoms with Crippen LogP contribution < -0.4 is 0 Å². The van der Waals surface area contributed by atoms with Gasteiger partial charge in [-0.15, -0.1) is 11.3 Å². The number of rotatable bonds is 5. The average Bonchev–Trinajstić information content (AvgIpc) is 3.29. The van der Waals surface area contributed by atoms with E-state index in [4.69, 9.17) is 5.26 Å². The molecule has 0 unspecified atom stereocenters. The number of nitrogens with zero attached hydrogens (tertiary/aromatic N) is 3. The van der Waals surface area contributed by atoms with Crippen molar-refractivity contribution >= 4 is 17.2 Å². The Bertz CT molecular complexity index is 736. The summed E-state index contributed by atoms with van der Waals surface area (Å²) in [6.45, 7) is 1.60. The predicted molar refractivity (Wildman–Crippen MR) is 90.5 cm³/mol. The molecular weight excluding hydrogens is 327 g/mol. The fourth-order valence-corrected chi connectivity index (χ4v) is 3.84. The summed E-state index contributed by atoms with van der Waals surface area (Å²) in [6, 6.07) is 7.55. The summed E-state index contributed by atoms with van der Waals surface area (Å²) in [5.41, 5.74) is 0.810. The molecule has 1 N–H and O–H groups in total. The van der Waals surface area contributed by atoms with Crippen molar-refractivity contribution in [1.82, 2.24) is 14.8 Å². The Kier molecular flexibility index (Phi) is 4.97. The second-order valence-electron chi connectivity index (χ2n) is 6.10. The van der Waals surface area contributed by atoms with E-state index in [2.05, 4.69) is 9.88 Å². The molecule has 126 valence electrons. The largest absolute Gasteiger partial charge is 0.352 e. The van der Waals surface area contributed by atoms with E-state index < -0.39 is 6.17 Å². The highest BCUT2D eigenvalue weighted by molar-refractivity contribution is 7.09. The molecule has 1 amide bonds. The second-order valence-corrected chi connectivity index (χ2v) is 7.13. The third kappa shape index (κ3) is 3.66. The zero-order valence-corrected chi connectivity index (χ0v) is 14.2. The highest BCUT2D eigenvalue weighted by Crippen LogP contribution is 2.25. The number of carbonyl (C=O) groups is 1. The van der Waals surface area contributed by atoms with Crippen LogP contribution in [-0.4, -0.2) is 53.0 Å². The molecule has 3 rings (SSSR count). The summed E-state index contributed by atoms with van der Waals surface area (Å²) in [5, 5.41) is 10.8. The van der Waals surface area contributed by atoms with Crippen molar-refractivity contribution in [3.63, 3.8) is 0 Å². The molecule has 0 radical (unpaired) electrons. The number of nitriles is 1. The minimum Gasteiger partial charge on any atom is -0.352 e. The molecule has 2 aromatic rings. The van der Waals surface area contributed by atoms with Crippen molar-refractivity contribution in [1.29, 1.82) is 5.26 Å². The van der Waals surface area contributed by atoms with Gasteiger partial charge in [-0.1, -0.05) is 6.07 Å². The molecule has 7 heteroatoms. The molecule has 1 aliphatic heterocycles. The van der Waals surface area contributed by atoms with Crippen molar-refractivity contribution in [2.45, 2.75) is 25.2 Å². The molecule has 0 spiro atoms. The van der Waals surface area contributed by atoms with E-state index >= 15 is 0 Å². The molecule has 0 aliphatic carbocycles. The number of likely N-dealkylation sites (N-methyl/N-ethyl adjacent to an activating group) is 1. The van der Waals surface area contributed by atoms with Crippen molar-refractivity contribution in [2.75, 3.05) is 20.1 Å². The van der Waals surface area contributed by atoms with Crippen LogP contribution in [0.5, 0.6) is 0 Å². The first-order valence-electron chi connectivity index (χ1n) is 7.81. The molecule has 24 heavy (non-hydrogen) atoms. The zero-order valence-electron chi connectivity index (χ0n) is 13.4. The number of amides is 1. The monoisotopic (exact) mass is 346 g/mol. The normalized spacial score (nSPS) is 20.9. The van der Waals surface area contributed by atoms with Gasteiger partial charge in [-0.3, -0.25) is 9.69 Å². The van der Waals surface area contributed by atoms with Gasteiger partial charge in [0.25, 0.3) is 5.91 Å². The van der Waals surface area contributed by atoms with Crippen LogP contribution in [0.25, 0.3) is 0 Å². The van der Waals surface area contributed by atoms with Gasteiger partial charge < -0.3 is 9.88 Å². The van der Waals surface area contributed by atoms with E-state index in [0.717, 1.165) is 0 Å². The summed E-state index contributed by atoms with van der Waals surface area (Å²) in [7, 11) is 1.72.